The molecule has 0 aliphatic carbocycles. The molecule has 5 rings (SSSR count). The number of hydrogen-bond donors (Lipinski definition) is 2. The van der Waals surface area contributed by atoms with Gasteiger partial charge in [-0.05, 0) is 49.4 Å². The number of nitrogens with zero attached hydrogens (tertiary/aromatic N) is 2. The predicted octanol–water partition coefficient (Wildman–Crippen LogP) is 6.23. The number of carbonyl (C=O) groups is 1. The maximum atomic E-state index is 14.9. The summed E-state index contributed by atoms with van der Waals surface area (Å²) in [5.41, 5.74) is -0.559. The molecule has 0 atom stereocenters. The van der Waals surface area contributed by atoms with Crippen molar-refractivity contribution in [3.63, 3.8) is 0 Å². The summed E-state index contributed by atoms with van der Waals surface area (Å²) in [6.07, 6.45) is 0. The molecule has 5 aromatic rings. The van der Waals surface area contributed by atoms with Crippen LogP contribution in [-0.2, 0) is 0 Å². The number of fused-ring (bicyclic) bond motifs is 1. The van der Waals surface area contributed by atoms with E-state index < -0.39 is 34.6 Å². The number of halogens is 3. The Morgan fingerprint density at radius 1 is 1.15 bits per heavy atom. The predicted molar refractivity (Wildman–Crippen MR) is 120 cm³/mol. The molecule has 0 radical (unpaired) electrons. The quantitative estimate of drug-likeness (QED) is 0.294. The molecule has 0 saturated heterocycles. The largest absolute Gasteiger partial charge is 0.503 e. The lowest BCUT2D eigenvalue weighted by Gasteiger charge is -2.10. The van der Waals surface area contributed by atoms with Crippen LogP contribution < -0.4 is 0 Å². The maximum absolute atomic E-state index is 14.9. The smallest absolute Gasteiger partial charge is 0.242 e. The average Bonchev–Trinajstić information content (AvgIpc) is 3.46. The van der Waals surface area contributed by atoms with Crippen molar-refractivity contribution in [2.45, 2.75) is 6.92 Å². The Morgan fingerprint density at radius 2 is 1.94 bits per heavy atom. The number of aromatic nitrogens is 2. The van der Waals surface area contributed by atoms with Crippen molar-refractivity contribution in [3.05, 3.63) is 82.3 Å². The normalized spacial score (nSPS) is 11.4. The molecule has 0 unspecified atom stereocenters. The van der Waals surface area contributed by atoms with Crippen LogP contribution >= 0.6 is 22.9 Å². The molecule has 0 spiro atoms. The zero-order chi connectivity index (χ0) is 23.4. The zero-order valence-electron chi connectivity index (χ0n) is 16.8. The fourth-order valence-electron chi connectivity index (χ4n) is 3.55. The van der Waals surface area contributed by atoms with Gasteiger partial charge in [-0.25, -0.2) is 13.8 Å². The van der Waals surface area contributed by atoms with E-state index in [0.717, 1.165) is 22.0 Å². The van der Waals surface area contributed by atoms with E-state index in [2.05, 4.69) is 4.98 Å². The molecular weight excluding hydrogens is 474 g/mol. The molecule has 3 heterocycles. The highest BCUT2D eigenvalue weighted by Crippen LogP contribution is 2.46. The molecule has 2 N–H and O–H groups in total. The van der Waals surface area contributed by atoms with E-state index in [9.17, 15) is 23.8 Å². The van der Waals surface area contributed by atoms with Crippen molar-refractivity contribution in [2.75, 3.05) is 0 Å². The molecule has 10 heteroatoms. The molecule has 6 nitrogen and oxygen atoms in total. The third-order valence-corrected chi connectivity index (χ3v) is 6.29. The molecule has 0 fully saturated rings. The Bertz CT molecular complexity index is 1570. The van der Waals surface area contributed by atoms with Crippen molar-refractivity contribution < 1.29 is 28.2 Å². The van der Waals surface area contributed by atoms with Crippen molar-refractivity contribution in [3.8, 4) is 28.0 Å². The molecule has 0 aliphatic heterocycles. The van der Waals surface area contributed by atoms with Gasteiger partial charge in [-0.3, -0.25) is 9.36 Å². The number of ketones is 1. The van der Waals surface area contributed by atoms with E-state index in [-0.39, 0.29) is 22.1 Å². The zero-order valence-corrected chi connectivity index (χ0v) is 18.3. The van der Waals surface area contributed by atoms with Crippen LogP contribution in [0.25, 0.3) is 26.6 Å². The number of thiazole rings is 1. The molecular formula is C23H13ClF2N2O4S. The van der Waals surface area contributed by atoms with Crippen LogP contribution in [0.4, 0.5) is 8.78 Å². The summed E-state index contributed by atoms with van der Waals surface area (Å²) in [6.45, 7) is 1.62. The molecule has 0 aliphatic rings. The second kappa shape index (κ2) is 7.72. The number of carbonyl (C=O) groups excluding carboxylic acids is 1. The van der Waals surface area contributed by atoms with Gasteiger partial charge in [-0.1, -0.05) is 29.0 Å². The van der Waals surface area contributed by atoms with Gasteiger partial charge < -0.3 is 14.6 Å². The van der Waals surface area contributed by atoms with Gasteiger partial charge in [0.2, 0.25) is 11.7 Å². The fourth-order valence-corrected chi connectivity index (χ4v) is 4.80. The van der Waals surface area contributed by atoms with Crippen LogP contribution in [0.2, 0.25) is 5.02 Å². The molecule has 0 amide bonds. The van der Waals surface area contributed by atoms with Gasteiger partial charge in [0.1, 0.15) is 5.76 Å². The van der Waals surface area contributed by atoms with Gasteiger partial charge in [-0.15, -0.1) is 0 Å². The highest BCUT2D eigenvalue weighted by atomic mass is 35.5. The number of rotatable bonds is 4. The van der Waals surface area contributed by atoms with Crippen LogP contribution in [0.3, 0.4) is 0 Å². The first-order valence-electron chi connectivity index (χ1n) is 9.55. The number of aromatic hydroxyl groups is 2. The number of furan rings is 1. The third-order valence-electron chi connectivity index (χ3n) is 5.05. The number of hydrogen-bond acceptors (Lipinski definition) is 6. The van der Waals surface area contributed by atoms with Crippen molar-refractivity contribution >= 4 is 38.9 Å². The Hall–Kier alpha value is -3.69. The SMILES string of the molecule is Cc1ccc(C(=O)c2c(O)c(O)n(-c3nc4ccc(Cl)cc4s3)c2-c2cccc(F)c2F)o1. The summed E-state index contributed by atoms with van der Waals surface area (Å²) in [4.78, 5) is 17.7. The van der Waals surface area contributed by atoms with Crippen LogP contribution in [-0.4, -0.2) is 25.5 Å². The van der Waals surface area contributed by atoms with Gasteiger partial charge in [-0.2, -0.15) is 0 Å². The minimum atomic E-state index is -1.26. The second-order valence-corrected chi connectivity index (χ2v) is 8.63. The lowest BCUT2D eigenvalue weighted by atomic mass is 10.0. The molecule has 2 aromatic carbocycles. The highest BCUT2D eigenvalue weighted by Gasteiger charge is 2.33. The molecule has 33 heavy (non-hydrogen) atoms. The van der Waals surface area contributed by atoms with E-state index in [4.69, 9.17) is 16.0 Å². The number of benzene rings is 2. The maximum Gasteiger partial charge on any atom is 0.242 e. The summed E-state index contributed by atoms with van der Waals surface area (Å²) >= 11 is 7.12. The first-order chi connectivity index (χ1) is 15.8. The van der Waals surface area contributed by atoms with Crippen molar-refractivity contribution in [1.29, 1.82) is 0 Å². The van der Waals surface area contributed by atoms with Crippen molar-refractivity contribution in [1.82, 2.24) is 9.55 Å². The molecule has 3 aromatic heterocycles. The van der Waals surface area contributed by atoms with Crippen LogP contribution in [0.15, 0.2) is 52.9 Å². The minimum absolute atomic E-state index is 0.105. The standard InChI is InChI=1S/C23H13ClF2N2O4S/c1-10-5-8-15(32-10)20(29)17-19(12-3-2-4-13(25)18(12)26)28(22(31)21(17)30)23-27-14-7-6-11(24)9-16(14)33-23/h2-9,30-31H,1H3. The van der Waals surface area contributed by atoms with Gasteiger partial charge in [0.15, 0.2) is 28.3 Å². The second-order valence-electron chi connectivity index (χ2n) is 7.18. The summed E-state index contributed by atoms with van der Waals surface area (Å²) < 4.78 is 36.1. The van der Waals surface area contributed by atoms with Crippen LogP contribution in [0, 0.1) is 18.6 Å². The Morgan fingerprint density at radius 3 is 2.67 bits per heavy atom. The summed E-state index contributed by atoms with van der Waals surface area (Å²) in [6, 6.07) is 11.3. The Kier molecular flexibility index (Phi) is 4.95. The summed E-state index contributed by atoms with van der Waals surface area (Å²) in [7, 11) is 0. The monoisotopic (exact) mass is 486 g/mol. The first kappa shape index (κ1) is 21.2. The summed E-state index contributed by atoms with van der Waals surface area (Å²) in [5, 5.41) is 22.1. The van der Waals surface area contributed by atoms with Crippen LogP contribution in [0.5, 0.6) is 11.6 Å². The van der Waals surface area contributed by atoms with E-state index in [1.807, 2.05) is 0 Å². The van der Waals surface area contributed by atoms with E-state index in [0.29, 0.717) is 21.0 Å². The highest BCUT2D eigenvalue weighted by molar-refractivity contribution is 7.20. The topological polar surface area (TPSA) is 88.5 Å². The van der Waals surface area contributed by atoms with E-state index in [1.54, 1.807) is 31.2 Å². The minimum Gasteiger partial charge on any atom is -0.503 e. The number of aryl methyl sites for hydroxylation is 1. The van der Waals surface area contributed by atoms with E-state index >= 15 is 0 Å². The van der Waals surface area contributed by atoms with Gasteiger partial charge >= 0.3 is 0 Å². The van der Waals surface area contributed by atoms with E-state index in [1.165, 1.54) is 18.2 Å². The Balaban J connectivity index is 1.85. The summed E-state index contributed by atoms with van der Waals surface area (Å²) in [5.74, 6) is -4.53. The lowest BCUT2D eigenvalue weighted by molar-refractivity contribution is 0.101. The average molecular weight is 487 g/mol. The van der Waals surface area contributed by atoms with Gasteiger partial charge in [0.25, 0.3) is 0 Å². The molecule has 0 bridgehead atoms. The van der Waals surface area contributed by atoms with Crippen molar-refractivity contribution in [2.24, 2.45) is 0 Å². The molecule has 166 valence electrons. The Labute approximate surface area is 193 Å². The van der Waals surface area contributed by atoms with Gasteiger partial charge in [0.05, 0.1) is 21.5 Å². The van der Waals surface area contributed by atoms with Crippen LogP contribution in [0.1, 0.15) is 21.9 Å². The third kappa shape index (κ3) is 3.37. The molecule has 0 saturated carbocycles. The first-order valence-corrected chi connectivity index (χ1v) is 10.7. The lowest BCUT2D eigenvalue weighted by Crippen LogP contribution is -2.05. The van der Waals surface area contributed by atoms with Gasteiger partial charge in [0, 0.05) is 10.6 Å². The fraction of sp³-hybridized carbons (Fsp3) is 0.0435.